The molecule has 0 amide bonds. The molecule has 0 spiro atoms. The molecule has 1 fully saturated rings. The molecule has 1 N–H and O–H groups in total. The largest absolute Gasteiger partial charge is 0.357 e. The van der Waals surface area contributed by atoms with Gasteiger partial charge in [-0.3, -0.25) is 4.99 Å². The van der Waals surface area contributed by atoms with Crippen molar-refractivity contribution in [2.75, 3.05) is 31.9 Å². The normalized spacial score (nSPS) is 21.0. The van der Waals surface area contributed by atoms with Gasteiger partial charge in [0.25, 0.3) is 0 Å². The molecule has 4 heteroatoms. The molecule has 0 atom stereocenters. The minimum atomic E-state index is 0.348. The molecule has 0 aliphatic carbocycles. The first-order chi connectivity index (χ1) is 7.59. The minimum absolute atomic E-state index is 0.348. The van der Waals surface area contributed by atoms with Crippen LogP contribution in [0.15, 0.2) is 4.99 Å². The van der Waals surface area contributed by atoms with Crippen molar-refractivity contribution in [2.24, 2.45) is 4.99 Å². The van der Waals surface area contributed by atoms with Crippen molar-refractivity contribution in [1.29, 1.82) is 0 Å². The zero-order valence-electron chi connectivity index (χ0n) is 11.0. The van der Waals surface area contributed by atoms with E-state index < -0.39 is 0 Å². The lowest BCUT2D eigenvalue weighted by Crippen LogP contribution is -2.51. The molecule has 0 radical (unpaired) electrons. The minimum Gasteiger partial charge on any atom is -0.357 e. The van der Waals surface area contributed by atoms with Crippen LogP contribution in [0, 0.1) is 0 Å². The van der Waals surface area contributed by atoms with Crippen molar-refractivity contribution >= 4 is 17.7 Å². The van der Waals surface area contributed by atoms with Crippen LogP contribution in [0.1, 0.15) is 34.1 Å². The average Bonchev–Trinajstić information content (AvgIpc) is 2.22. The molecular formula is C12H25N3S. The summed E-state index contributed by atoms with van der Waals surface area (Å²) < 4.78 is 0.348. The summed E-state index contributed by atoms with van der Waals surface area (Å²) in [6.07, 6.45) is 1.11. The topological polar surface area (TPSA) is 27.6 Å². The van der Waals surface area contributed by atoms with E-state index in [1.807, 2.05) is 0 Å². The second-order valence-electron chi connectivity index (χ2n) is 4.77. The first-order valence-electron chi connectivity index (χ1n) is 6.26. The van der Waals surface area contributed by atoms with Crippen LogP contribution in [0.25, 0.3) is 0 Å². The number of aliphatic imine (C=N–C) groups is 1. The summed E-state index contributed by atoms with van der Waals surface area (Å²) in [5.41, 5.74) is 0. The van der Waals surface area contributed by atoms with E-state index in [0.717, 1.165) is 38.6 Å². The SMILES string of the molecule is CCCN=C(NCC)N1CCSC(C)(C)C1. The first-order valence-corrected chi connectivity index (χ1v) is 7.25. The van der Waals surface area contributed by atoms with E-state index in [9.17, 15) is 0 Å². The molecule has 0 aromatic carbocycles. The Morgan fingerprint density at radius 1 is 1.44 bits per heavy atom. The predicted octanol–water partition coefficient (Wildman–Crippen LogP) is 2.19. The fourth-order valence-electron chi connectivity index (χ4n) is 1.84. The molecule has 1 heterocycles. The third kappa shape index (κ3) is 4.24. The van der Waals surface area contributed by atoms with Gasteiger partial charge in [-0.2, -0.15) is 11.8 Å². The third-order valence-corrected chi connectivity index (χ3v) is 3.84. The van der Waals surface area contributed by atoms with Gasteiger partial charge in [-0.1, -0.05) is 6.92 Å². The summed E-state index contributed by atoms with van der Waals surface area (Å²) in [6.45, 7) is 13.0. The molecule has 0 saturated carbocycles. The van der Waals surface area contributed by atoms with E-state index in [1.54, 1.807) is 0 Å². The van der Waals surface area contributed by atoms with E-state index in [1.165, 1.54) is 5.75 Å². The molecule has 1 aliphatic rings. The van der Waals surface area contributed by atoms with Gasteiger partial charge in [0.15, 0.2) is 5.96 Å². The number of nitrogens with one attached hydrogen (secondary N) is 1. The van der Waals surface area contributed by atoms with E-state index >= 15 is 0 Å². The van der Waals surface area contributed by atoms with E-state index in [2.05, 4.69) is 54.7 Å². The van der Waals surface area contributed by atoms with Crippen LogP contribution in [0.5, 0.6) is 0 Å². The van der Waals surface area contributed by atoms with Crippen LogP contribution >= 0.6 is 11.8 Å². The van der Waals surface area contributed by atoms with Crippen LogP contribution in [0.2, 0.25) is 0 Å². The van der Waals surface area contributed by atoms with Crippen LogP contribution < -0.4 is 5.32 Å². The molecule has 0 unspecified atom stereocenters. The molecule has 1 saturated heterocycles. The Morgan fingerprint density at radius 3 is 2.75 bits per heavy atom. The second kappa shape index (κ2) is 6.38. The van der Waals surface area contributed by atoms with Crippen molar-refractivity contribution in [2.45, 2.75) is 38.9 Å². The maximum atomic E-state index is 4.64. The molecule has 0 aromatic rings. The number of hydrogen-bond donors (Lipinski definition) is 1. The molecule has 94 valence electrons. The fraction of sp³-hybridized carbons (Fsp3) is 0.917. The summed E-state index contributed by atoms with van der Waals surface area (Å²) in [7, 11) is 0. The highest BCUT2D eigenvalue weighted by molar-refractivity contribution is 8.00. The van der Waals surface area contributed by atoms with Crippen LogP contribution in [-0.2, 0) is 0 Å². The van der Waals surface area contributed by atoms with Crippen molar-refractivity contribution in [3.05, 3.63) is 0 Å². The third-order valence-electron chi connectivity index (χ3n) is 2.55. The van der Waals surface area contributed by atoms with Gasteiger partial charge >= 0.3 is 0 Å². The molecule has 3 nitrogen and oxygen atoms in total. The molecule has 0 bridgehead atoms. The lowest BCUT2D eigenvalue weighted by molar-refractivity contribution is 0.376. The van der Waals surface area contributed by atoms with Gasteiger partial charge in [-0.25, -0.2) is 0 Å². The highest BCUT2D eigenvalue weighted by Crippen LogP contribution is 2.29. The number of thioether (sulfide) groups is 1. The van der Waals surface area contributed by atoms with Gasteiger partial charge in [-0.05, 0) is 27.2 Å². The van der Waals surface area contributed by atoms with Crippen molar-refractivity contribution in [1.82, 2.24) is 10.2 Å². The predicted molar refractivity (Wildman–Crippen MR) is 74.4 cm³/mol. The number of guanidine groups is 1. The van der Waals surface area contributed by atoms with Crippen LogP contribution in [0.3, 0.4) is 0 Å². The van der Waals surface area contributed by atoms with Gasteiger partial charge < -0.3 is 10.2 Å². The van der Waals surface area contributed by atoms with Gasteiger partial charge in [-0.15, -0.1) is 0 Å². The van der Waals surface area contributed by atoms with E-state index in [-0.39, 0.29) is 0 Å². The Morgan fingerprint density at radius 2 is 2.19 bits per heavy atom. The maximum Gasteiger partial charge on any atom is 0.193 e. The lowest BCUT2D eigenvalue weighted by Gasteiger charge is -2.39. The average molecular weight is 243 g/mol. The lowest BCUT2D eigenvalue weighted by atomic mass is 10.2. The van der Waals surface area contributed by atoms with Gasteiger partial charge in [0.2, 0.25) is 0 Å². The highest BCUT2D eigenvalue weighted by Gasteiger charge is 2.28. The van der Waals surface area contributed by atoms with Crippen LogP contribution in [0.4, 0.5) is 0 Å². The zero-order valence-corrected chi connectivity index (χ0v) is 11.9. The van der Waals surface area contributed by atoms with Gasteiger partial charge in [0, 0.05) is 36.7 Å². The second-order valence-corrected chi connectivity index (χ2v) is 6.57. The van der Waals surface area contributed by atoms with Crippen molar-refractivity contribution in [3.8, 4) is 0 Å². The summed E-state index contributed by atoms with van der Waals surface area (Å²) >= 11 is 2.06. The van der Waals surface area contributed by atoms with Gasteiger partial charge in [0.1, 0.15) is 0 Å². The maximum absolute atomic E-state index is 4.64. The Labute approximate surface area is 104 Å². The molecule has 1 rings (SSSR count). The standard InChI is InChI=1S/C12H25N3S/c1-5-7-14-11(13-6-2)15-8-9-16-12(3,4)10-15/h5-10H2,1-4H3,(H,13,14). The molecule has 1 aliphatic heterocycles. The molecule has 0 aromatic heterocycles. The smallest absolute Gasteiger partial charge is 0.193 e. The Bertz CT molecular complexity index is 238. The van der Waals surface area contributed by atoms with Crippen LogP contribution in [-0.4, -0.2) is 47.5 Å². The van der Waals surface area contributed by atoms with Crippen molar-refractivity contribution in [3.63, 3.8) is 0 Å². The first kappa shape index (κ1) is 13.7. The number of hydrogen-bond acceptors (Lipinski definition) is 2. The Hall–Kier alpha value is -0.380. The van der Waals surface area contributed by atoms with Gasteiger partial charge in [0.05, 0.1) is 0 Å². The quantitative estimate of drug-likeness (QED) is 0.608. The summed E-state index contributed by atoms with van der Waals surface area (Å²) in [6, 6.07) is 0. The Balaban J connectivity index is 2.63. The summed E-state index contributed by atoms with van der Waals surface area (Å²) in [5.74, 6) is 2.29. The zero-order chi connectivity index (χ0) is 12.0. The monoisotopic (exact) mass is 243 g/mol. The summed E-state index contributed by atoms with van der Waals surface area (Å²) in [5, 5.41) is 3.39. The summed E-state index contributed by atoms with van der Waals surface area (Å²) in [4.78, 5) is 7.04. The molecular weight excluding hydrogens is 218 g/mol. The van der Waals surface area contributed by atoms with E-state index in [4.69, 9.17) is 0 Å². The molecule has 16 heavy (non-hydrogen) atoms. The fourth-order valence-corrected chi connectivity index (χ4v) is 2.95. The number of nitrogens with zero attached hydrogens (tertiary/aromatic N) is 2. The highest BCUT2D eigenvalue weighted by atomic mass is 32.2. The van der Waals surface area contributed by atoms with E-state index in [0.29, 0.717) is 4.75 Å². The number of rotatable bonds is 3. The van der Waals surface area contributed by atoms with Crippen molar-refractivity contribution < 1.29 is 0 Å². The Kier molecular flexibility index (Phi) is 5.46.